The summed E-state index contributed by atoms with van der Waals surface area (Å²) in [6.07, 6.45) is 0.992. The maximum Gasteiger partial charge on any atom is 0.160 e. The van der Waals surface area contributed by atoms with Gasteiger partial charge in [-0.2, -0.15) is 0 Å². The summed E-state index contributed by atoms with van der Waals surface area (Å²) in [4.78, 5) is 2.31. The van der Waals surface area contributed by atoms with Gasteiger partial charge in [0.1, 0.15) is 0 Å². The summed E-state index contributed by atoms with van der Waals surface area (Å²) in [5.74, 6) is 2.80. The van der Waals surface area contributed by atoms with Crippen molar-refractivity contribution in [1.82, 2.24) is 4.90 Å². The Morgan fingerprint density at radius 2 is 1.85 bits per heavy atom. The number of hydrogen-bond acceptors (Lipinski definition) is 3. The minimum Gasteiger partial charge on any atom is -0.493 e. The molecule has 5 heteroatoms. The number of benzene rings is 1. The second-order valence-electron chi connectivity index (χ2n) is 4.96. The number of alkyl halides is 1. The van der Waals surface area contributed by atoms with Crippen molar-refractivity contribution in [3.8, 4) is 11.5 Å². The van der Waals surface area contributed by atoms with E-state index in [1.807, 2.05) is 12.1 Å². The monoisotopic (exact) mass is 321 g/mol. The van der Waals surface area contributed by atoms with Crippen molar-refractivity contribution in [3.05, 3.63) is 23.8 Å². The van der Waals surface area contributed by atoms with Gasteiger partial charge < -0.3 is 14.4 Å². The molecule has 116 valence electrons. The van der Waals surface area contributed by atoms with Gasteiger partial charge in [0.15, 0.2) is 11.5 Å². The van der Waals surface area contributed by atoms with Crippen molar-refractivity contribution in [2.24, 2.45) is 5.92 Å². The van der Waals surface area contributed by atoms with E-state index in [0.717, 1.165) is 31.0 Å². The Hall–Kier alpha value is -0.640. The van der Waals surface area contributed by atoms with Gasteiger partial charge in [0, 0.05) is 19.0 Å². The van der Waals surface area contributed by atoms with Crippen LogP contribution in [-0.4, -0.2) is 45.1 Å². The maximum absolute atomic E-state index is 5.83. The molecule has 0 aliphatic carbocycles. The first-order valence-electron chi connectivity index (χ1n) is 6.56. The highest BCUT2D eigenvalue weighted by atomic mass is 35.5. The average Bonchev–Trinajstić information content (AvgIpc) is 2.44. The minimum absolute atomic E-state index is 0. The molecule has 1 atom stereocenters. The number of hydrogen-bond donors (Lipinski definition) is 0. The van der Waals surface area contributed by atoms with Crippen LogP contribution in [-0.2, 0) is 6.42 Å². The first-order valence-corrected chi connectivity index (χ1v) is 7.09. The fraction of sp³-hybridized carbons (Fsp3) is 0.600. The van der Waals surface area contributed by atoms with E-state index in [1.54, 1.807) is 14.2 Å². The number of halogens is 2. The van der Waals surface area contributed by atoms with Gasteiger partial charge in [-0.25, -0.2) is 0 Å². The van der Waals surface area contributed by atoms with E-state index in [2.05, 4.69) is 24.9 Å². The van der Waals surface area contributed by atoms with Gasteiger partial charge in [-0.1, -0.05) is 13.0 Å². The quantitative estimate of drug-likeness (QED) is 0.684. The molecule has 0 saturated heterocycles. The van der Waals surface area contributed by atoms with Gasteiger partial charge in [-0.05, 0) is 37.1 Å². The molecule has 20 heavy (non-hydrogen) atoms. The topological polar surface area (TPSA) is 21.7 Å². The smallest absolute Gasteiger partial charge is 0.160 e. The highest BCUT2D eigenvalue weighted by Gasteiger charge is 2.07. The lowest BCUT2D eigenvalue weighted by Gasteiger charge is -2.20. The van der Waals surface area contributed by atoms with Crippen LogP contribution in [0.1, 0.15) is 12.5 Å². The third-order valence-corrected chi connectivity index (χ3v) is 3.64. The van der Waals surface area contributed by atoms with E-state index in [0.29, 0.717) is 11.8 Å². The molecule has 0 aliphatic heterocycles. The third-order valence-electron chi connectivity index (χ3n) is 3.12. The first-order chi connectivity index (χ1) is 9.10. The molecule has 0 bridgehead atoms. The summed E-state index contributed by atoms with van der Waals surface area (Å²) in [5.41, 5.74) is 1.25. The Labute approximate surface area is 133 Å². The standard InChI is InChI=1S/C15H24ClNO2.ClH/c1-12(10-16)11-17(2)8-7-13-5-6-14(18-3)15(9-13)19-4;/h5-6,9,12H,7-8,10-11H2,1-4H3;1H. The maximum atomic E-state index is 5.83. The average molecular weight is 322 g/mol. The second-order valence-corrected chi connectivity index (χ2v) is 5.27. The molecule has 0 heterocycles. The molecule has 3 nitrogen and oxygen atoms in total. The third kappa shape index (κ3) is 6.21. The van der Waals surface area contributed by atoms with E-state index < -0.39 is 0 Å². The molecule has 1 unspecified atom stereocenters. The predicted molar refractivity (Wildman–Crippen MR) is 87.9 cm³/mol. The van der Waals surface area contributed by atoms with E-state index in [1.165, 1.54) is 5.56 Å². The molecule has 0 saturated carbocycles. The SMILES string of the molecule is COc1ccc(CCN(C)CC(C)CCl)cc1OC.Cl. The lowest BCUT2D eigenvalue weighted by molar-refractivity contribution is 0.300. The van der Waals surface area contributed by atoms with Crippen molar-refractivity contribution >= 4 is 24.0 Å². The van der Waals surface area contributed by atoms with Crippen LogP contribution in [0.5, 0.6) is 11.5 Å². The zero-order valence-electron chi connectivity index (χ0n) is 12.7. The van der Waals surface area contributed by atoms with Gasteiger partial charge in [-0.3, -0.25) is 0 Å². The summed E-state index contributed by atoms with van der Waals surface area (Å²) < 4.78 is 10.5. The zero-order chi connectivity index (χ0) is 14.3. The minimum atomic E-state index is 0. The number of rotatable bonds is 8. The van der Waals surface area contributed by atoms with Crippen LogP contribution < -0.4 is 9.47 Å². The fourth-order valence-electron chi connectivity index (χ4n) is 2.03. The Kier molecular flexibility index (Phi) is 9.82. The molecule has 0 spiro atoms. The van der Waals surface area contributed by atoms with Crippen molar-refractivity contribution in [2.75, 3.05) is 40.2 Å². The first kappa shape index (κ1) is 19.4. The van der Waals surface area contributed by atoms with Crippen molar-refractivity contribution in [1.29, 1.82) is 0 Å². The zero-order valence-corrected chi connectivity index (χ0v) is 14.3. The van der Waals surface area contributed by atoms with Crippen molar-refractivity contribution < 1.29 is 9.47 Å². The molecule has 0 aromatic heterocycles. The van der Waals surface area contributed by atoms with Crippen LogP contribution in [0.25, 0.3) is 0 Å². The summed E-state index contributed by atoms with van der Waals surface area (Å²) >= 11 is 5.83. The lowest BCUT2D eigenvalue weighted by Crippen LogP contribution is -2.27. The number of nitrogens with zero attached hydrogens (tertiary/aromatic N) is 1. The summed E-state index contributed by atoms with van der Waals surface area (Å²) in [7, 11) is 5.44. The summed E-state index contributed by atoms with van der Waals surface area (Å²) in [6, 6.07) is 6.08. The van der Waals surface area contributed by atoms with E-state index in [-0.39, 0.29) is 12.4 Å². The molecule has 1 aromatic rings. The largest absolute Gasteiger partial charge is 0.493 e. The van der Waals surface area contributed by atoms with Crippen LogP contribution in [0, 0.1) is 5.92 Å². The van der Waals surface area contributed by atoms with Crippen LogP contribution >= 0.6 is 24.0 Å². The molecular weight excluding hydrogens is 297 g/mol. The second kappa shape index (κ2) is 10.1. The van der Waals surface area contributed by atoms with Crippen LogP contribution in [0.15, 0.2) is 18.2 Å². The highest BCUT2D eigenvalue weighted by molar-refractivity contribution is 6.18. The lowest BCUT2D eigenvalue weighted by atomic mass is 10.1. The van der Waals surface area contributed by atoms with Gasteiger partial charge in [0.25, 0.3) is 0 Å². The van der Waals surface area contributed by atoms with Gasteiger partial charge in [0.2, 0.25) is 0 Å². The summed E-state index contributed by atoms with van der Waals surface area (Å²) in [6.45, 7) is 4.20. The summed E-state index contributed by atoms with van der Waals surface area (Å²) in [5, 5.41) is 0. The van der Waals surface area contributed by atoms with E-state index in [4.69, 9.17) is 21.1 Å². The molecule has 0 aliphatic rings. The van der Waals surface area contributed by atoms with Crippen LogP contribution in [0.2, 0.25) is 0 Å². The molecule has 1 aromatic carbocycles. The number of methoxy groups -OCH3 is 2. The number of likely N-dealkylation sites (N-methyl/N-ethyl adjacent to an activating group) is 1. The van der Waals surface area contributed by atoms with Crippen molar-refractivity contribution in [2.45, 2.75) is 13.3 Å². The molecule has 0 N–H and O–H groups in total. The highest BCUT2D eigenvalue weighted by Crippen LogP contribution is 2.27. The Morgan fingerprint density at radius 3 is 2.40 bits per heavy atom. The normalized spacial score (nSPS) is 11.9. The molecule has 0 radical (unpaired) electrons. The molecule has 1 rings (SSSR count). The van der Waals surface area contributed by atoms with Gasteiger partial charge in [-0.15, -0.1) is 24.0 Å². The van der Waals surface area contributed by atoms with Crippen LogP contribution in [0.4, 0.5) is 0 Å². The van der Waals surface area contributed by atoms with E-state index in [9.17, 15) is 0 Å². The Balaban J connectivity index is 0.00000361. The van der Waals surface area contributed by atoms with Gasteiger partial charge >= 0.3 is 0 Å². The van der Waals surface area contributed by atoms with Crippen LogP contribution in [0.3, 0.4) is 0 Å². The Morgan fingerprint density at radius 1 is 1.20 bits per heavy atom. The molecule has 0 fully saturated rings. The van der Waals surface area contributed by atoms with Gasteiger partial charge in [0.05, 0.1) is 14.2 Å². The fourth-order valence-corrected chi connectivity index (χ4v) is 2.13. The molecule has 0 amide bonds. The van der Waals surface area contributed by atoms with E-state index >= 15 is 0 Å². The number of ether oxygens (including phenoxy) is 2. The predicted octanol–water partition coefficient (Wildman–Crippen LogP) is 3.47. The molecular formula is C15H25Cl2NO2. The van der Waals surface area contributed by atoms with Crippen molar-refractivity contribution in [3.63, 3.8) is 0 Å². The Bertz CT molecular complexity index is 388.